The Kier molecular flexibility index (Phi) is 4.68. The van der Waals surface area contributed by atoms with Crippen molar-refractivity contribution in [2.24, 2.45) is 7.05 Å². The number of rotatable bonds is 7. The fourth-order valence-electron chi connectivity index (χ4n) is 2.11. The molecule has 2 N–H and O–H groups in total. The second kappa shape index (κ2) is 6.47. The van der Waals surface area contributed by atoms with Gasteiger partial charge in [0.25, 0.3) is 0 Å². The van der Waals surface area contributed by atoms with Crippen molar-refractivity contribution in [1.29, 1.82) is 0 Å². The van der Waals surface area contributed by atoms with E-state index in [4.69, 9.17) is 0 Å². The Labute approximate surface area is 113 Å². The first kappa shape index (κ1) is 13.7. The first-order chi connectivity index (χ1) is 9.24. The molecule has 6 heteroatoms. The van der Waals surface area contributed by atoms with Crippen LogP contribution < -0.4 is 5.32 Å². The van der Waals surface area contributed by atoms with E-state index in [9.17, 15) is 0 Å². The van der Waals surface area contributed by atoms with Crippen molar-refractivity contribution in [3.8, 4) is 0 Å². The number of aryl methyl sites for hydroxylation is 2. The van der Waals surface area contributed by atoms with Gasteiger partial charge in [-0.15, -0.1) is 0 Å². The second-order valence-electron chi connectivity index (χ2n) is 4.69. The Morgan fingerprint density at radius 2 is 2.26 bits per heavy atom. The molecule has 0 aliphatic carbocycles. The highest BCUT2D eigenvalue weighted by atomic mass is 15.3. The van der Waals surface area contributed by atoms with Crippen LogP contribution in [0.3, 0.4) is 0 Å². The average molecular weight is 262 g/mol. The van der Waals surface area contributed by atoms with Gasteiger partial charge >= 0.3 is 0 Å². The lowest BCUT2D eigenvalue weighted by atomic mass is 10.1. The van der Waals surface area contributed by atoms with Crippen molar-refractivity contribution in [1.82, 2.24) is 30.3 Å². The van der Waals surface area contributed by atoms with Crippen molar-refractivity contribution < 1.29 is 0 Å². The fraction of sp³-hybridized carbons (Fsp3) is 0.615. The van der Waals surface area contributed by atoms with Crippen molar-refractivity contribution in [3.05, 3.63) is 29.6 Å². The first-order valence-corrected chi connectivity index (χ1v) is 6.85. The number of H-pyrrole nitrogens is 1. The molecule has 1 unspecified atom stereocenters. The predicted molar refractivity (Wildman–Crippen MR) is 73.7 cm³/mol. The average Bonchev–Trinajstić information content (AvgIpc) is 3.04. The van der Waals surface area contributed by atoms with Crippen LogP contribution in [-0.4, -0.2) is 31.5 Å². The largest absolute Gasteiger partial charge is 0.307 e. The Morgan fingerprint density at radius 3 is 2.84 bits per heavy atom. The van der Waals surface area contributed by atoms with Crippen LogP contribution in [0.25, 0.3) is 0 Å². The van der Waals surface area contributed by atoms with Gasteiger partial charge in [-0.2, -0.15) is 10.2 Å². The smallest absolute Gasteiger partial charge is 0.141 e. The molecular formula is C13H22N6. The summed E-state index contributed by atoms with van der Waals surface area (Å²) in [6, 6.07) is 2.32. The topological polar surface area (TPSA) is 71.4 Å². The van der Waals surface area contributed by atoms with E-state index < -0.39 is 0 Å². The van der Waals surface area contributed by atoms with Crippen molar-refractivity contribution in [2.45, 2.75) is 39.2 Å². The molecule has 0 aliphatic heterocycles. The highest BCUT2D eigenvalue weighted by molar-refractivity contribution is 5.13. The van der Waals surface area contributed by atoms with Crippen LogP contribution in [0.1, 0.15) is 43.5 Å². The van der Waals surface area contributed by atoms with Crippen LogP contribution in [0, 0.1) is 0 Å². The maximum absolute atomic E-state index is 4.49. The lowest BCUT2D eigenvalue weighted by molar-refractivity contribution is 0.491. The molecule has 0 aromatic carbocycles. The highest BCUT2D eigenvalue weighted by Crippen LogP contribution is 2.15. The number of nitrogens with zero attached hydrogens (tertiary/aromatic N) is 4. The normalized spacial score (nSPS) is 12.8. The van der Waals surface area contributed by atoms with Crippen LogP contribution in [-0.2, 0) is 19.9 Å². The molecule has 2 heterocycles. The Morgan fingerprint density at radius 1 is 1.42 bits per heavy atom. The van der Waals surface area contributed by atoms with Crippen LogP contribution in [0.4, 0.5) is 0 Å². The number of hydrogen-bond donors (Lipinski definition) is 2. The zero-order chi connectivity index (χ0) is 13.7. The number of aromatic nitrogens is 5. The molecule has 0 saturated heterocycles. The predicted octanol–water partition coefficient (Wildman–Crippen LogP) is 1.38. The molecule has 0 bridgehead atoms. The van der Waals surface area contributed by atoms with Gasteiger partial charge in [-0.3, -0.25) is 9.78 Å². The molecule has 0 aliphatic rings. The Hall–Kier alpha value is -1.69. The molecule has 0 saturated carbocycles. The van der Waals surface area contributed by atoms with Crippen LogP contribution in [0.2, 0.25) is 0 Å². The van der Waals surface area contributed by atoms with E-state index in [1.165, 1.54) is 5.69 Å². The van der Waals surface area contributed by atoms with E-state index in [2.05, 4.69) is 45.5 Å². The molecule has 0 radical (unpaired) electrons. The number of aromatic amines is 1. The lowest BCUT2D eigenvalue weighted by Gasteiger charge is -2.15. The molecule has 2 aromatic heterocycles. The van der Waals surface area contributed by atoms with Gasteiger partial charge < -0.3 is 5.32 Å². The third kappa shape index (κ3) is 3.41. The van der Waals surface area contributed by atoms with E-state index in [0.29, 0.717) is 0 Å². The quantitative estimate of drug-likeness (QED) is 0.791. The van der Waals surface area contributed by atoms with E-state index in [-0.39, 0.29) is 6.04 Å². The SMILES string of the molecule is CCCNC(Cc1cc(CC)nn1C)c1ncn[nH]1. The number of hydrogen-bond acceptors (Lipinski definition) is 4. The molecule has 19 heavy (non-hydrogen) atoms. The van der Waals surface area contributed by atoms with Gasteiger partial charge in [-0.1, -0.05) is 13.8 Å². The van der Waals surface area contributed by atoms with Gasteiger partial charge in [-0.25, -0.2) is 4.98 Å². The van der Waals surface area contributed by atoms with Gasteiger partial charge in [0.05, 0.1) is 11.7 Å². The summed E-state index contributed by atoms with van der Waals surface area (Å²) in [7, 11) is 1.99. The maximum Gasteiger partial charge on any atom is 0.141 e. The van der Waals surface area contributed by atoms with Crippen molar-refractivity contribution in [2.75, 3.05) is 6.54 Å². The zero-order valence-corrected chi connectivity index (χ0v) is 11.8. The fourth-order valence-corrected chi connectivity index (χ4v) is 2.11. The summed E-state index contributed by atoms with van der Waals surface area (Å²) >= 11 is 0. The van der Waals surface area contributed by atoms with Crippen molar-refractivity contribution >= 4 is 0 Å². The number of nitrogens with one attached hydrogen (secondary N) is 2. The summed E-state index contributed by atoms with van der Waals surface area (Å²) < 4.78 is 1.95. The third-order valence-electron chi connectivity index (χ3n) is 3.21. The van der Waals surface area contributed by atoms with Crippen molar-refractivity contribution in [3.63, 3.8) is 0 Å². The van der Waals surface area contributed by atoms with Gasteiger partial charge in [-0.05, 0) is 25.5 Å². The maximum atomic E-state index is 4.49. The molecule has 2 rings (SSSR count). The van der Waals surface area contributed by atoms with Crippen LogP contribution in [0.15, 0.2) is 12.4 Å². The molecule has 104 valence electrons. The van der Waals surface area contributed by atoms with Gasteiger partial charge in [0.15, 0.2) is 0 Å². The standard InChI is InChI=1S/C13H22N6/c1-4-6-14-12(13-15-9-16-17-13)8-11-7-10(5-2)18-19(11)3/h7,9,12,14H,4-6,8H2,1-3H3,(H,15,16,17). The molecule has 0 spiro atoms. The van der Waals surface area contributed by atoms with E-state index in [1.807, 2.05) is 11.7 Å². The summed E-state index contributed by atoms with van der Waals surface area (Å²) in [5.74, 6) is 0.882. The molecule has 0 amide bonds. The van der Waals surface area contributed by atoms with E-state index >= 15 is 0 Å². The summed E-state index contributed by atoms with van der Waals surface area (Å²) in [5.41, 5.74) is 2.34. The minimum atomic E-state index is 0.155. The monoisotopic (exact) mass is 262 g/mol. The zero-order valence-electron chi connectivity index (χ0n) is 11.8. The molecule has 1 atom stereocenters. The summed E-state index contributed by atoms with van der Waals surface area (Å²) in [5, 5.41) is 14.9. The molecule has 6 nitrogen and oxygen atoms in total. The van der Waals surface area contributed by atoms with E-state index in [1.54, 1.807) is 6.33 Å². The van der Waals surface area contributed by atoms with Crippen LogP contribution >= 0.6 is 0 Å². The van der Waals surface area contributed by atoms with Gasteiger partial charge in [0, 0.05) is 19.2 Å². The third-order valence-corrected chi connectivity index (χ3v) is 3.21. The van der Waals surface area contributed by atoms with E-state index in [0.717, 1.165) is 37.3 Å². The minimum absolute atomic E-state index is 0.155. The minimum Gasteiger partial charge on any atom is -0.307 e. The summed E-state index contributed by atoms with van der Waals surface area (Å²) in [4.78, 5) is 4.26. The lowest BCUT2D eigenvalue weighted by Crippen LogP contribution is -2.26. The highest BCUT2D eigenvalue weighted by Gasteiger charge is 2.16. The summed E-state index contributed by atoms with van der Waals surface area (Å²) in [6.07, 6.45) is 4.47. The molecule has 2 aromatic rings. The molecular weight excluding hydrogens is 240 g/mol. The van der Waals surface area contributed by atoms with Gasteiger partial charge in [0.1, 0.15) is 12.2 Å². The second-order valence-corrected chi connectivity index (χ2v) is 4.69. The Balaban J connectivity index is 2.12. The van der Waals surface area contributed by atoms with Gasteiger partial charge in [0.2, 0.25) is 0 Å². The summed E-state index contributed by atoms with van der Waals surface area (Å²) in [6.45, 7) is 5.24. The first-order valence-electron chi connectivity index (χ1n) is 6.85. The molecule has 0 fully saturated rings. The Bertz CT molecular complexity index is 487. The van der Waals surface area contributed by atoms with Crippen LogP contribution in [0.5, 0.6) is 0 Å².